The molecular weight excluding hydrogens is 270 g/mol. The van der Waals surface area contributed by atoms with E-state index in [1.165, 1.54) is 18.2 Å². The average molecular weight is 276 g/mol. The minimum absolute atomic E-state index is 0.00947. The molecule has 4 nitrogen and oxygen atoms in total. The number of isocyanates is 1. The average Bonchev–Trinajstić information content (AvgIpc) is 2.07. The van der Waals surface area contributed by atoms with Crippen LogP contribution in [-0.2, 0) is 14.6 Å². The van der Waals surface area contributed by atoms with Gasteiger partial charge in [0.2, 0.25) is 6.08 Å². The van der Waals surface area contributed by atoms with Gasteiger partial charge in [-0.2, -0.15) is 4.99 Å². The molecule has 0 atom stereocenters. The van der Waals surface area contributed by atoms with E-state index in [0.717, 1.165) is 6.26 Å². The number of benzene rings is 1. The monoisotopic (exact) mass is 275 g/mol. The van der Waals surface area contributed by atoms with Gasteiger partial charge in [-0.15, -0.1) is 0 Å². The van der Waals surface area contributed by atoms with Crippen LogP contribution in [-0.4, -0.2) is 20.8 Å². The molecule has 0 amide bonds. The van der Waals surface area contributed by atoms with E-state index in [1.54, 1.807) is 6.07 Å². The molecule has 0 N–H and O–H groups in total. The van der Waals surface area contributed by atoms with Gasteiger partial charge < -0.3 is 0 Å². The van der Waals surface area contributed by atoms with Crippen molar-refractivity contribution in [3.8, 4) is 0 Å². The normalized spacial score (nSPS) is 10.7. The number of carbonyl (C=O) groups excluding carboxylic acids is 1. The van der Waals surface area contributed by atoms with Gasteiger partial charge in [0.15, 0.2) is 9.84 Å². The van der Waals surface area contributed by atoms with Crippen LogP contribution in [0.4, 0.5) is 5.69 Å². The molecule has 0 saturated heterocycles. The van der Waals surface area contributed by atoms with Crippen LogP contribution in [0.15, 0.2) is 32.6 Å². The first-order valence-corrected chi connectivity index (χ1v) is 6.21. The quantitative estimate of drug-likeness (QED) is 0.611. The largest absolute Gasteiger partial charge is 0.240 e. The van der Waals surface area contributed by atoms with Crippen molar-refractivity contribution in [1.82, 2.24) is 0 Å². The van der Waals surface area contributed by atoms with Gasteiger partial charge in [-0.05, 0) is 18.2 Å². The zero-order valence-electron chi connectivity index (χ0n) is 7.19. The molecule has 1 aromatic rings. The number of halogens is 1. The highest BCUT2D eigenvalue weighted by Crippen LogP contribution is 2.27. The minimum atomic E-state index is -3.38. The summed E-state index contributed by atoms with van der Waals surface area (Å²) in [7, 11) is -3.38. The molecule has 74 valence electrons. The highest BCUT2D eigenvalue weighted by atomic mass is 79.9. The van der Waals surface area contributed by atoms with Crippen molar-refractivity contribution in [3.05, 3.63) is 22.7 Å². The number of aliphatic imine (C=N–C) groups is 1. The van der Waals surface area contributed by atoms with Crippen LogP contribution in [0.5, 0.6) is 0 Å². The van der Waals surface area contributed by atoms with Crippen LogP contribution in [0.2, 0.25) is 0 Å². The summed E-state index contributed by atoms with van der Waals surface area (Å²) in [4.78, 5) is 13.4. The molecule has 0 aliphatic carbocycles. The molecule has 1 aromatic carbocycles. The van der Waals surface area contributed by atoms with Gasteiger partial charge in [-0.3, -0.25) is 0 Å². The second kappa shape index (κ2) is 4.04. The lowest BCUT2D eigenvalue weighted by Crippen LogP contribution is -1.97. The summed E-state index contributed by atoms with van der Waals surface area (Å²) in [5.74, 6) is 0. The van der Waals surface area contributed by atoms with Gasteiger partial charge >= 0.3 is 0 Å². The second-order valence-electron chi connectivity index (χ2n) is 2.59. The van der Waals surface area contributed by atoms with Crippen LogP contribution >= 0.6 is 15.9 Å². The van der Waals surface area contributed by atoms with Gasteiger partial charge in [-0.1, -0.05) is 15.9 Å². The van der Waals surface area contributed by atoms with Gasteiger partial charge in [-0.25, -0.2) is 13.2 Å². The zero-order valence-corrected chi connectivity index (χ0v) is 9.59. The molecular formula is C8H6BrNO3S. The first-order valence-electron chi connectivity index (χ1n) is 3.52. The Hall–Kier alpha value is -0.970. The van der Waals surface area contributed by atoms with E-state index < -0.39 is 9.84 Å². The number of hydrogen-bond acceptors (Lipinski definition) is 4. The predicted octanol–water partition coefficient (Wildman–Crippen LogP) is 1.82. The Labute approximate surface area is 89.7 Å². The fourth-order valence-electron chi connectivity index (χ4n) is 0.926. The minimum Gasteiger partial charge on any atom is -0.224 e. The van der Waals surface area contributed by atoms with Gasteiger partial charge in [0.05, 0.1) is 10.6 Å². The maximum Gasteiger partial charge on any atom is 0.240 e. The van der Waals surface area contributed by atoms with Crippen molar-refractivity contribution in [2.24, 2.45) is 4.99 Å². The molecule has 1 rings (SSSR count). The lowest BCUT2D eigenvalue weighted by atomic mass is 10.3. The fourth-order valence-corrected chi connectivity index (χ4v) is 2.27. The molecule has 0 heterocycles. The molecule has 0 radical (unpaired) electrons. The SMILES string of the molecule is CS(=O)(=O)c1cc(Br)ccc1N=C=O. The van der Waals surface area contributed by atoms with Gasteiger partial charge in [0.1, 0.15) is 0 Å². The summed E-state index contributed by atoms with van der Waals surface area (Å²) in [6.07, 6.45) is 2.37. The third-order valence-corrected chi connectivity index (χ3v) is 3.11. The van der Waals surface area contributed by atoms with Crippen LogP contribution in [0.25, 0.3) is 0 Å². The van der Waals surface area contributed by atoms with Crippen LogP contribution < -0.4 is 0 Å². The fraction of sp³-hybridized carbons (Fsp3) is 0.125. The third kappa shape index (κ3) is 2.51. The first-order chi connectivity index (χ1) is 6.45. The van der Waals surface area contributed by atoms with Crippen LogP contribution in [0.3, 0.4) is 0 Å². The standard InChI is InChI=1S/C8H6BrNO3S/c1-14(12,13)8-4-6(9)2-3-7(8)10-5-11/h2-4H,1H3. The van der Waals surface area contributed by atoms with E-state index in [2.05, 4.69) is 20.9 Å². The first kappa shape index (κ1) is 11.1. The second-order valence-corrected chi connectivity index (χ2v) is 5.49. The van der Waals surface area contributed by atoms with Crippen molar-refractivity contribution in [1.29, 1.82) is 0 Å². The lowest BCUT2D eigenvalue weighted by molar-refractivity contribution is 0.565. The Morgan fingerprint density at radius 2 is 2.07 bits per heavy atom. The predicted molar refractivity (Wildman–Crippen MR) is 55.0 cm³/mol. The maximum absolute atomic E-state index is 11.3. The van der Waals surface area contributed by atoms with E-state index in [4.69, 9.17) is 0 Å². The highest BCUT2D eigenvalue weighted by molar-refractivity contribution is 9.10. The van der Waals surface area contributed by atoms with Gasteiger partial charge in [0, 0.05) is 10.7 Å². The summed E-state index contributed by atoms with van der Waals surface area (Å²) in [6, 6.07) is 4.43. The summed E-state index contributed by atoms with van der Waals surface area (Å²) >= 11 is 3.14. The number of sulfone groups is 1. The molecule has 0 spiro atoms. The van der Waals surface area contributed by atoms with Crippen molar-refractivity contribution >= 4 is 37.5 Å². The Balaban J connectivity index is 3.53. The molecule has 0 fully saturated rings. The molecule has 0 aliphatic heterocycles. The maximum atomic E-state index is 11.3. The summed E-state index contributed by atoms with van der Waals surface area (Å²) in [5, 5.41) is 0. The van der Waals surface area contributed by atoms with E-state index >= 15 is 0 Å². The van der Waals surface area contributed by atoms with E-state index in [0.29, 0.717) is 4.47 Å². The van der Waals surface area contributed by atoms with Crippen molar-refractivity contribution in [2.75, 3.05) is 6.26 Å². The van der Waals surface area contributed by atoms with Crippen molar-refractivity contribution in [2.45, 2.75) is 4.90 Å². The Bertz CT molecular complexity index is 503. The van der Waals surface area contributed by atoms with E-state index in [-0.39, 0.29) is 10.6 Å². The Morgan fingerprint density at radius 3 is 2.57 bits per heavy atom. The van der Waals surface area contributed by atoms with Crippen LogP contribution in [0, 0.1) is 0 Å². The number of rotatable bonds is 2. The smallest absolute Gasteiger partial charge is 0.224 e. The summed E-state index contributed by atoms with van der Waals surface area (Å²) in [5.41, 5.74) is 0.103. The van der Waals surface area contributed by atoms with Crippen molar-refractivity contribution in [3.63, 3.8) is 0 Å². The van der Waals surface area contributed by atoms with E-state index in [1.807, 2.05) is 0 Å². The molecule has 6 heteroatoms. The molecule has 14 heavy (non-hydrogen) atoms. The molecule has 0 unspecified atom stereocenters. The highest BCUT2D eigenvalue weighted by Gasteiger charge is 2.13. The lowest BCUT2D eigenvalue weighted by Gasteiger charge is -2.01. The molecule has 0 bridgehead atoms. The summed E-state index contributed by atoms with van der Waals surface area (Å²) < 4.78 is 23.2. The topological polar surface area (TPSA) is 63.6 Å². The molecule has 0 aliphatic rings. The Morgan fingerprint density at radius 1 is 1.43 bits per heavy atom. The number of nitrogens with zero attached hydrogens (tertiary/aromatic N) is 1. The van der Waals surface area contributed by atoms with E-state index in [9.17, 15) is 13.2 Å². The van der Waals surface area contributed by atoms with Crippen molar-refractivity contribution < 1.29 is 13.2 Å². The summed E-state index contributed by atoms with van der Waals surface area (Å²) in [6.45, 7) is 0. The zero-order chi connectivity index (χ0) is 10.8. The Kier molecular flexibility index (Phi) is 3.21. The molecule has 0 saturated carbocycles. The third-order valence-electron chi connectivity index (χ3n) is 1.49. The molecule has 0 aromatic heterocycles. The number of hydrogen-bond donors (Lipinski definition) is 0. The van der Waals surface area contributed by atoms with Gasteiger partial charge in [0.25, 0.3) is 0 Å². The van der Waals surface area contributed by atoms with Crippen LogP contribution in [0.1, 0.15) is 0 Å².